The van der Waals surface area contributed by atoms with Crippen LogP contribution in [0.15, 0.2) is 67.3 Å². The summed E-state index contributed by atoms with van der Waals surface area (Å²) in [6.07, 6.45) is 13.6. The maximum Gasteiger partial charge on any atom is 0.134 e. The number of hydrogen-bond donors (Lipinski definition) is 0. The van der Waals surface area contributed by atoms with Gasteiger partial charge >= 0.3 is 0 Å². The molecule has 0 saturated heterocycles. The topological polar surface area (TPSA) is 0 Å². The van der Waals surface area contributed by atoms with Gasteiger partial charge in [-0.2, -0.15) is 0 Å². The van der Waals surface area contributed by atoms with Crippen LogP contribution in [-0.2, 0) is 19.3 Å². The largest absolute Gasteiger partial charge is 0.206 e. The summed E-state index contributed by atoms with van der Waals surface area (Å²) in [6, 6.07) is 19.5. The van der Waals surface area contributed by atoms with Gasteiger partial charge in [0.25, 0.3) is 0 Å². The van der Waals surface area contributed by atoms with E-state index in [1.165, 1.54) is 55.2 Å². The standard InChI is InChI=1S/C31H37F/c1-3-5-7-28-19-20-29-22-25(14-21-30(29)31(28)32)9-8-24-12-17-27(18-13-24)26-15-10-23(6-4-2)11-16-26/h3,12-14,17-23,26H,1,4-11,15-16H2,2H3. The van der Waals surface area contributed by atoms with Gasteiger partial charge in [-0.25, -0.2) is 4.39 Å². The Morgan fingerprint density at radius 1 is 0.875 bits per heavy atom. The van der Waals surface area contributed by atoms with E-state index >= 15 is 0 Å². The van der Waals surface area contributed by atoms with E-state index in [1.807, 2.05) is 18.2 Å². The quantitative estimate of drug-likeness (QED) is 0.298. The first kappa shape index (κ1) is 22.8. The molecule has 32 heavy (non-hydrogen) atoms. The molecule has 168 valence electrons. The molecule has 1 saturated carbocycles. The minimum atomic E-state index is -0.0739. The second-order valence-corrected chi connectivity index (χ2v) is 9.67. The normalized spacial score (nSPS) is 18.7. The lowest BCUT2D eigenvalue weighted by atomic mass is 9.77. The van der Waals surface area contributed by atoms with Crippen molar-refractivity contribution in [2.45, 2.75) is 77.0 Å². The number of aryl methyl sites for hydroxylation is 3. The highest BCUT2D eigenvalue weighted by Crippen LogP contribution is 2.37. The third-order valence-electron chi connectivity index (χ3n) is 7.41. The third-order valence-corrected chi connectivity index (χ3v) is 7.41. The summed E-state index contributed by atoms with van der Waals surface area (Å²) in [6.45, 7) is 6.05. The lowest BCUT2D eigenvalue weighted by Crippen LogP contribution is -2.13. The average Bonchev–Trinajstić information content (AvgIpc) is 2.83. The van der Waals surface area contributed by atoms with Crippen LogP contribution in [0.25, 0.3) is 10.8 Å². The van der Waals surface area contributed by atoms with Gasteiger partial charge in [-0.1, -0.05) is 80.4 Å². The molecule has 3 aromatic rings. The van der Waals surface area contributed by atoms with Gasteiger partial charge in [0, 0.05) is 5.39 Å². The monoisotopic (exact) mass is 428 g/mol. The van der Waals surface area contributed by atoms with Crippen LogP contribution in [0.1, 0.15) is 80.0 Å². The Labute approximate surface area is 193 Å². The number of halogens is 1. The van der Waals surface area contributed by atoms with Crippen molar-refractivity contribution < 1.29 is 4.39 Å². The Morgan fingerprint density at radius 2 is 1.59 bits per heavy atom. The van der Waals surface area contributed by atoms with Crippen molar-refractivity contribution in [3.8, 4) is 0 Å². The average molecular weight is 429 g/mol. The molecule has 1 fully saturated rings. The Hall–Kier alpha value is -2.41. The summed E-state index contributed by atoms with van der Waals surface area (Å²) in [5.74, 6) is 1.64. The third kappa shape index (κ3) is 5.49. The van der Waals surface area contributed by atoms with Gasteiger partial charge in [0.15, 0.2) is 0 Å². The first-order chi connectivity index (χ1) is 15.7. The molecule has 0 heterocycles. The smallest absolute Gasteiger partial charge is 0.134 e. The van der Waals surface area contributed by atoms with Crippen LogP contribution in [0.3, 0.4) is 0 Å². The zero-order valence-corrected chi connectivity index (χ0v) is 19.6. The number of rotatable bonds is 9. The van der Waals surface area contributed by atoms with Crippen LogP contribution in [0.4, 0.5) is 4.39 Å². The SMILES string of the molecule is C=CCCc1ccc2cc(CCc3ccc(C4CCC(CCC)CC4)cc3)ccc2c1F. The fraction of sp³-hybridized carbons (Fsp3) is 0.419. The van der Waals surface area contributed by atoms with E-state index in [0.717, 1.165) is 47.4 Å². The highest BCUT2D eigenvalue weighted by Gasteiger charge is 2.21. The summed E-state index contributed by atoms with van der Waals surface area (Å²) >= 11 is 0. The maximum atomic E-state index is 14.8. The van der Waals surface area contributed by atoms with Crippen molar-refractivity contribution in [2.75, 3.05) is 0 Å². The van der Waals surface area contributed by atoms with Crippen LogP contribution < -0.4 is 0 Å². The van der Waals surface area contributed by atoms with Gasteiger partial charge in [0.05, 0.1) is 0 Å². The first-order valence-corrected chi connectivity index (χ1v) is 12.6. The summed E-state index contributed by atoms with van der Waals surface area (Å²) in [5.41, 5.74) is 4.97. The van der Waals surface area contributed by atoms with Crippen LogP contribution >= 0.6 is 0 Å². The maximum absolute atomic E-state index is 14.8. The molecule has 0 aromatic heterocycles. The van der Waals surface area contributed by atoms with Crippen molar-refractivity contribution in [3.05, 3.63) is 95.3 Å². The fourth-order valence-electron chi connectivity index (χ4n) is 5.43. The van der Waals surface area contributed by atoms with E-state index < -0.39 is 0 Å². The summed E-state index contributed by atoms with van der Waals surface area (Å²) in [4.78, 5) is 0. The minimum Gasteiger partial charge on any atom is -0.206 e. The first-order valence-electron chi connectivity index (χ1n) is 12.6. The Balaban J connectivity index is 1.35. The Bertz CT molecular complexity index is 1020. The highest BCUT2D eigenvalue weighted by atomic mass is 19.1. The molecule has 1 heteroatoms. The molecule has 0 unspecified atom stereocenters. The summed E-state index contributed by atoms with van der Waals surface area (Å²) in [5, 5.41) is 1.73. The second-order valence-electron chi connectivity index (χ2n) is 9.67. The molecule has 4 rings (SSSR count). The van der Waals surface area contributed by atoms with Gasteiger partial charge in [0.2, 0.25) is 0 Å². The molecule has 0 bridgehead atoms. The van der Waals surface area contributed by atoms with Gasteiger partial charge in [0.1, 0.15) is 5.82 Å². The lowest BCUT2D eigenvalue weighted by molar-refractivity contribution is 0.308. The molecule has 1 aliphatic rings. The number of fused-ring (bicyclic) bond motifs is 1. The zero-order chi connectivity index (χ0) is 22.3. The fourth-order valence-corrected chi connectivity index (χ4v) is 5.43. The molecule has 0 N–H and O–H groups in total. The second kappa shape index (κ2) is 10.9. The molecule has 0 radical (unpaired) electrons. The Morgan fingerprint density at radius 3 is 2.31 bits per heavy atom. The molecule has 3 aromatic carbocycles. The van der Waals surface area contributed by atoms with Crippen molar-refractivity contribution >= 4 is 10.8 Å². The molecular weight excluding hydrogens is 391 g/mol. The van der Waals surface area contributed by atoms with E-state index in [4.69, 9.17) is 0 Å². The van der Waals surface area contributed by atoms with Crippen molar-refractivity contribution in [1.29, 1.82) is 0 Å². The van der Waals surface area contributed by atoms with Crippen LogP contribution in [0.2, 0.25) is 0 Å². The molecule has 0 atom stereocenters. The van der Waals surface area contributed by atoms with Gasteiger partial charge < -0.3 is 0 Å². The zero-order valence-electron chi connectivity index (χ0n) is 19.6. The molecule has 1 aliphatic carbocycles. The lowest BCUT2D eigenvalue weighted by Gasteiger charge is -2.28. The van der Waals surface area contributed by atoms with Gasteiger partial charge in [-0.15, -0.1) is 6.58 Å². The molecular formula is C31H37F. The summed E-state index contributed by atoms with van der Waals surface area (Å²) in [7, 11) is 0. The number of benzene rings is 3. The Kier molecular flexibility index (Phi) is 7.79. The predicted octanol–water partition coefficient (Wildman–Crippen LogP) is 8.96. The number of allylic oxidation sites excluding steroid dienone is 1. The van der Waals surface area contributed by atoms with Crippen LogP contribution in [0.5, 0.6) is 0 Å². The van der Waals surface area contributed by atoms with E-state index in [1.54, 1.807) is 0 Å². The van der Waals surface area contributed by atoms with Crippen LogP contribution in [-0.4, -0.2) is 0 Å². The molecule has 0 aliphatic heterocycles. The van der Waals surface area contributed by atoms with Gasteiger partial charge in [-0.05, 0) is 90.8 Å². The number of hydrogen-bond acceptors (Lipinski definition) is 0. The minimum absolute atomic E-state index is 0.0739. The predicted molar refractivity (Wildman–Crippen MR) is 136 cm³/mol. The van der Waals surface area contributed by atoms with Gasteiger partial charge in [-0.3, -0.25) is 0 Å². The van der Waals surface area contributed by atoms with E-state index in [0.29, 0.717) is 6.42 Å². The van der Waals surface area contributed by atoms with Crippen molar-refractivity contribution in [3.63, 3.8) is 0 Å². The van der Waals surface area contributed by atoms with E-state index in [2.05, 4.69) is 56.0 Å². The van der Waals surface area contributed by atoms with Crippen LogP contribution in [0, 0.1) is 11.7 Å². The van der Waals surface area contributed by atoms with Crippen molar-refractivity contribution in [2.24, 2.45) is 5.92 Å². The van der Waals surface area contributed by atoms with Crippen molar-refractivity contribution in [1.82, 2.24) is 0 Å². The van der Waals surface area contributed by atoms with E-state index in [-0.39, 0.29) is 5.82 Å². The molecule has 0 spiro atoms. The molecule has 0 nitrogen and oxygen atoms in total. The highest BCUT2D eigenvalue weighted by molar-refractivity contribution is 5.84. The van der Waals surface area contributed by atoms with E-state index in [9.17, 15) is 4.39 Å². The molecule has 0 amide bonds. The summed E-state index contributed by atoms with van der Waals surface area (Å²) < 4.78 is 14.8.